The molecule has 0 aliphatic carbocycles. The molecule has 192 valence electrons. The predicted molar refractivity (Wildman–Crippen MR) is 153 cm³/mol. The summed E-state index contributed by atoms with van der Waals surface area (Å²) < 4.78 is 6.64. The van der Waals surface area contributed by atoms with Gasteiger partial charge in [-0.25, -0.2) is 4.79 Å². The van der Waals surface area contributed by atoms with Gasteiger partial charge in [0, 0.05) is 25.8 Å². The normalized spacial score (nSPS) is 12.1. The van der Waals surface area contributed by atoms with Crippen LogP contribution >= 0.6 is 22.6 Å². The molecule has 0 spiro atoms. The predicted octanol–water partition coefficient (Wildman–Crippen LogP) is 6.29. The number of nitrogens with two attached hydrogens (primary N) is 1. The Balaban J connectivity index is 1.84. The van der Waals surface area contributed by atoms with Gasteiger partial charge in [-0.2, -0.15) is 0 Å². The number of nitrogen functional groups attached to an aromatic ring is 1. The Labute approximate surface area is 229 Å². The number of hydrogen-bond donors (Lipinski definition) is 4. The average molecular weight is 613 g/mol. The van der Waals surface area contributed by atoms with Gasteiger partial charge in [0.15, 0.2) is 5.78 Å². The van der Waals surface area contributed by atoms with E-state index in [1.54, 1.807) is 80.6 Å². The third-order valence-electron chi connectivity index (χ3n) is 5.59. The van der Waals surface area contributed by atoms with Gasteiger partial charge in [0.25, 0.3) is 0 Å². The van der Waals surface area contributed by atoms with Gasteiger partial charge in [0.2, 0.25) is 5.91 Å². The van der Waals surface area contributed by atoms with Crippen molar-refractivity contribution in [1.82, 2.24) is 0 Å². The number of anilines is 3. The SMILES string of the molecule is CC(=O)c1ccc(NC(=O)O[C@@H](c2cc(I)ccc2O)C(C)(C)/C=C/C(=O)Nc2ccccc2N)cc1. The topological polar surface area (TPSA) is 131 Å². The van der Waals surface area contributed by atoms with Crippen molar-refractivity contribution in [1.29, 1.82) is 0 Å². The quantitative estimate of drug-likeness (QED) is 0.102. The molecule has 0 aromatic heterocycles. The monoisotopic (exact) mass is 613 g/mol. The second-order valence-corrected chi connectivity index (χ2v) is 10.2. The third-order valence-corrected chi connectivity index (χ3v) is 6.26. The number of halogens is 1. The molecule has 9 heteroatoms. The molecule has 0 aliphatic heterocycles. The zero-order chi connectivity index (χ0) is 27.2. The number of ketones is 1. The van der Waals surface area contributed by atoms with Crippen LogP contribution in [0.25, 0.3) is 0 Å². The number of benzene rings is 3. The maximum Gasteiger partial charge on any atom is 0.412 e. The minimum atomic E-state index is -0.954. The van der Waals surface area contributed by atoms with Crippen LogP contribution < -0.4 is 16.4 Å². The lowest BCUT2D eigenvalue weighted by atomic mass is 9.81. The van der Waals surface area contributed by atoms with E-state index in [4.69, 9.17) is 10.5 Å². The Morgan fingerprint density at radius 3 is 2.35 bits per heavy atom. The number of phenols is 1. The number of amides is 2. The zero-order valence-corrected chi connectivity index (χ0v) is 22.8. The van der Waals surface area contributed by atoms with Gasteiger partial charge in [-0.15, -0.1) is 0 Å². The summed E-state index contributed by atoms with van der Waals surface area (Å²) in [4.78, 5) is 37.0. The van der Waals surface area contributed by atoms with Gasteiger partial charge < -0.3 is 20.9 Å². The van der Waals surface area contributed by atoms with E-state index < -0.39 is 23.5 Å². The van der Waals surface area contributed by atoms with Crippen LogP contribution in [0.2, 0.25) is 0 Å². The minimum Gasteiger partial charge on any atom is -0.508 e. The summed E-state index contributed by atoms with van der Waals surface area (Å²) in [5.74, 6) is -0.547. The van der Waals surface area contributed by atoms with Crippen molar-refractivity contribution in [3.05, 3.63) is 93.6 Å². The lowest BCUT2D eigenvalue weighted by Gasteiger charge is -2.32. The molecule has 0 bridgehead atoms. The Morgan fingerprint density at radius 2 is 1.70 bits per heavy atom. The Kier molecular flexibility index (Phi) is 8.93. The highest BCUT2D eigenvalue weighted by Crippen LogP contribution is 2.42. The number of hydrogen-bond acceptors (Lipinski definition) is 6. The Morgan fingerprint density at radius 1 is 1.03 bits per heavy atom. The van der Waals surface area contributed by atoms with Crippen LogP contribution in [0.15, 0.2) is 78.9 Å². The lowest BCUT2D eigenvalue weighted by molar-refractivity contribution is -0.112. The fourth-order valence-electron chi connectivity index (χ4n) is 3.56. The maximum atomic E-state index is 12.9. The molecule has 3 aromatic carbocycles. The standard InChI is InChI=1S/C28H28IN3O5/c1-17(33)18-8-11-20(12-9-18)31-27(36)37-26(21-16-19(29)10-13-24(21)34)28(2,3)15-14-25(35)32-23-7-5-4-6-22(23)30/h4-16,26,34H,30H2,1-3H3,(H,31,36)(H,32,35)/b15-14+/t26-/m0/s1. The molecule has 0 fully saturated rings. The molecule has 3 rings (SSSR count). The second-order valence-electron chi connectivity index (χ2n) is 8.98. The molecule has 0 unspecified atom stereocenters. The van der Waals surface area contributed by atoms with Gasteiger partial charge in [0.1, 0.15) is 11.9 Å². The molecule has 0 saturated heterocycles. The molecule has 1 atom stereocenters. The summed E-state index contributed by atoms with van der Waals surface area (Å²) in [6.07, 6.45) is 1.23. The molecule has 3 aromatic rings. The number of para-hydroxylation sites is 2. The van der Waals surface area contributed by atoms with Crippen LogP contribution in [0, 0.1) is 8.99 Å². The Bertz CT molecular complexity index is 1340. The van der Waals surface area contributed by atoms with Crippen LogP contribution in [0.5, 0.6) is 5.75 Å². The lowest BCUT2D eigenvalue weighted by Crippen LogP contribution is -2.28. The van der Waals surface area contributed by atoms with Crippen LogP contribution in [-0.4, -0.2) is 22.9 Å². The van der Waals surface area contributed by atoms with Gasteiger partial charge in [0.05, 0.1) is 11.4 Å². The minimum absolute atomic E-state index is 0.0491. The second kappa shape index (κ2) is 11.9. The number of nitrogens with one attached hydrogen (secondary N) is 2. The number of ether oxygens (including phenoxy) is 1. The number of rotatable bonds is 8. The summed E-state index contributed by atoms with van der Waals surface area (Å²) in [5, 5.41) is 16.0. The summed E-state index contributed by atoms with van der Waals surface area (Å²) in [5.41, 5.74) is 7.23. The highest BCUT2D eigenvalue weighted by atomic mass is 127. The molecule has 2 amide bonds. The largest absolute Gasteiger partial charge is 0.508 e. The molecular weight excluding hydrogens is 585 g/mol. The molecule has 0 heterocycles. The fraction of sp³-hybridized carbons (Fsp3) is 0.179. The van der Waals surface area contributed by atoms with E-state index in [2.05, 4.69) is 33.2 Å². The maximum absolute atomic E-state index is 12.9. The first-order valence-electron chi connectivity index (χ1n) is 11.4. The summed E-state index contributed by atoms with van der Waals surface area (Å²) in [6.45, 7) is 5.03. The van der Waals surface area contributed by atoms with E-state index in [0.29, 0.717) is 28.2 Å². The summed E-state index contributed by atoms with van der Waals surface area (Å²) >= 11 is 2.10. The number of carbonyl (C=O) groups excluding carboxylic acids is 3. The first-order chi connectivity index (χ1) is 17.5. The van der Waals surface area contributed by atoms with Crippen molar-refractivity contribution in [2.45, 2.75) is 26.9 Å². The van der Waals surface area contributed by atoms with E-state index >= 15 is 0 Å². The number of Topliss-reactive ketones (excluding diaryl/α,β-unsaturated/α-hetero) is 1. The van der Waals surface area contributed by atoms with Crippen molar-refractivity contribution < 1.29 is 24.2 Å². The molecule has 0 aliphatic rings. The van der Waals surface area contributed by atoms with Crippen LogP contribution in [0.3, 0.4) is 0 Å². The van der Waals surface area contributed by atoms with Gasteiger partial charge >= 0.3 is 6.09 Å². The van der Waals surface area contributed by atoms with Gasteiger partial charge in [-0.05, 0) is 90.2 Å². The highest BCUT2D eigenvalue weighted by molar-refractivity contribution is 14.1. The van der Waals surface area contributed by atoms with Crippen molar-refractivity contribution in [3.8, 4) is 5.75 Å². The fourth-order valence-corrected chi connectivity index (χ4v) is 4.07. The summed E-state index contributed by atoms with van der Waals surface area (Å²) in [7, 11) is 0. The van der Waals surface area contributed by atoms with Crippen LogP contribution in [-0.2, 0) is 9.53 Å². The molecule has 0 saturated carbocycles. The number of phenolic OH excluding ortho intramolecular Hbond substituents is 1. The molecule has 37 heavy (non-hydrogen) atoms. The first kappa shape index (κ1) is 27.7. The van der Waals surface area contributed by atoms with E-state index in [1.165, 1.54) is 19.1 Å². The van der Waals surface area contributed by atoms with Crippen LogP contribution in [0.1, 0.15) is 42.8 Å². The van der Waals surface area contributed by atoms with Crippen molar-refractivity contribution >= 4 is 57.4 Å². The van der Waals surface area contributed by atoms with Crippen LogP contribution in [0.4, 0.5) is 21.9 Å². The van der Waals surface area contributed by atoms with E-state index in [9.17, 15) is 19.5 Å². The molecular formula is C28H28IN3O5. The number of aromatic hydroxyl groups is 1. The summed E-state index contributed by atoms with van der Waals surface area (Å²) in [6, 6.07) is 18.3. The van der Waals surface area contributed by atoms with E-state index in [-0.39, 0.29) is 11.5 Å². The third kappa shape index (κ3) is 7.56. The van der Waals surface area contributed by atoms with Crippen molar-refractivity contribution in [2.75, 3.05) is 16.4 Å². The molecule has 0 radical (unpaired) electrons. The zero-order valence-electron chi connectivity index (χ0n) is 20.6. The average Bonchev–Trinajstić information content (AvgIpc) is 2.84. The smallest absolute Gasteiger partial charge is 0.412 e. The van der Waals surface area contributed by atoms with Gasteiger partial charge in [-0.1, -0.05) is 32.1 Å². The number of carbonyl (C=O) groups is 3. The molecule has 5 N–H and O–H groups in total. The van der Waals surface area contributed by atoms with E-state index in [1.807, 2.05) is 0 Å². The first-order valence-corrected chi connectivity index (χ1v) is 12.5. The molecule has 8 nitrogen and oxygen atoms in total. The Hall–Kier alpha value is -3.86. The van der Waals surface area contributed by atoms with Gasteiger partial charge in [-0.3, -0.25) is 14.9 Å². The van der Waals surface area contributed by atoms with E-state index in [0.717, 1.165) is 3.57 Å². The van der Waals surface area contributed by atoms with Crippen molar-refractivity contribution in [2.24, 2.45) is 5.41 Å². The van der Waals surface area contributed by atoms with Crippen molar-refractivity contribution in [3.63, 3.8) is 0 Å². The highest BCUT2D eigenvalue weighted by Gasteiger charge is 2.34.